The average molecular weight is 248 g/mol. The Bertz CT molecular complexity index is 433. The molecule has 4 N–H and O–H groups in total. The van der Waals surface area contributed by atoms with Crippen molar-refractivity contribution >= 4 is 11.7 Å². The number of nitrogens with zero attached hydrogens (tertiary/aromatic N) is 2. The minimum atomic E-state index is -0.423. The van der Waals surface area contributed by atoms with E-state index in [0.717, 1.165) is 25.2 Å². The zero-order chi connectivity index (χ0) is 13.1. The van der Waals surface area contributed by atoms with Crippen molar-refractivity contribution in [3.63, 3.8) is 0 Å². The molecule has 1 amide bonds. The van der Waals surface area contributed by atoms with Crippen LogP contribution in [0.4, 0.5) is 5.82 Å². The van der Waals surface area contributed by atoms with Crippen LogP contribution in [-0.2, 0) is 0 Å². The Morgan fingerprint density at radius 1 is 1.56 bits per heavy atom. The van der Waals surface area contributed by atoms with E-state index in [9.17, 15) is 4.79 Å². The fourth-order valence-electron chi connectivity index (χ4n) is 2.52. The second-order valence-corrected chi connectivity index (χ2v) is 4.88. The van der Waals surface area contributed by atoms with Crippen molar-refractivity contribution in [2.24, 2.45) is 11.5 Å². The molecule has 1 aromatic heterocycles. The number of hydrogen-bond acceptors (Lipinski definition) is 4. The number of carbonyl (C=O) groups is 1. The van der Waals surface area contributed by atoms with Crippen molar-refractivity contribution < 1.29 is 4.79 Å². The fraction of sp³-hybridized carbons (Fsp3) is 0.538. The number of carbonyl (C=O) groups excluding carboxylic acids is 1. The number of hydrogen-bond donors (Lipinski definition) is 2. The van der Waals surface area contributed by atoms with Gasteiger partial charge in [-0.15, -0.1) is 0 Å². The molecule has 18 heavy (non-hydrogen) atoms. The predicted molar refractivity (Wildman–Crippen MR) is 71.4 cm³/mol. The fourth-order valence-corrected chi connectivity index (χ4v) is 2.52. The summed E-state index contributed by atoms with van der Waals surface area (Å²) in [6, 6.07) is 3.76. The van der Waals surface area contributed by atoms with Crippen LogP contribution < -0.4 is 16.4 Å². The largest absolute Gasteiger partial charge is 0.366 e. The molecule has 0 saturated carbocycles. The molecule has 1 fully saturated rings. The van der Waals surface area contributed by atoms with Crippen LogP contribution in [-0.4, -0.2) is 29.5 Å². The van der Waals surface area contributed by atoms with Crippen LogP contribution in [0.1, 0.15) is 36.5 Å². The third-order valence-electron chi connectivity index (χ3n) is 3.48. The highest BCUT2D eigenvalue weighted by molar-refractivity contribution is 5.93. The van der Waals surface area contributed by atoms with Gasteiger partial charge in [0.1, 0.15) is 5.82 Å². The zero-order valence-corrected chi connectivity index (χ0v) is 10.7. The van der Waals surface area contributed by atoms with Gasteiger partial charge in [0, 0.05) is 30.4 Å². The van der Waals surface area contributed by atoms with Crippen molar-refractivity contribution in [2.75, 3.05) is 11.4 Å². The van der Waals surface area contributed by atoms with Crippen LogP contribution in [0.15, 0.2) is 18.3 Å². The second-order valence-electron chi connectivity index (χ2n) is 4.88. The first-order chi connectivity index (χ1) is 8.59. The lowest BCUT2D eigenvalue weighted by Crippen LogP contribution is -2.49. The van der Waals surface area contributed by atoms with Gasteiger partial charge in [0.05, 0.1) is 0 Å². The van der Waals surface area contributed by atoms with Crippen LogP contribution in [0.3, 0.4) is 0 Å². The second kappa shape index (κ2) is 5.35. The topological polar surface area (TPSA) is 85.2 Å². The number of anilines is 1. The molecule has 1 aromatic rings. The van der Waals surface area contributed by atoms with E-state index < -0.39 is 5.91 Å². The molecule has 5 nitrogen and oxygen atoms in total. The van der Waals surface area contributed by atoms with E-state index in [1.54, 1.807) is 18.3 Å². The first-order valence-corrected chi connectivity index (χ1v) is 6.37. The van der Waals surface area contributed by atoms with Gasteiger partial charge in [0.2, 0.25) is 5.91 Å². The summed E-state index contributed by atoms with van der Waals surface area (Å²) in [7, 11) is 0. The predicted octanol–water partition coefficient (Wildman–Crippen LogP) is 0.887. The Morgan fingerprint density at radius 2 is 2.33 bits per heavy atom. The van der Waals surface area contributed by atoms with Crippen LogP contribution in [0.25, 0.3) is 0 Å². The number of pyridine rings is 1. The molecule has 2 atom stereocenters. The first kappa shape index (κ1) is 12.8. The molecular weight excluding hydrogens is 228 g/mol. The molecule has 0 bridgehead atoms. The third kappa shape index (κ3) is 2.61. The number of amides is 1. The SMILES string of the molecule is CC(N)C1CCCCN1c1cc(C(N)=O)ccn1. The molecule has 0 aliphatic carbocycles. The van der Waals surface area contributed by atoms with Gasteiger partial charge in [0.15, 0.2) is 0 Å². The summed E-state index contributed by atoms with van der Waals surface area (Å²) in [5.74, 6) is 0.376. The van der Waals surface area contributed by atoms with Gasteiger partial charge in [0.25, 0.3) is 0 Å². The van der Waals surface area contributed by atoms with Gasteiger partial charge in [-0.3, -0.25) is 4.79 Å². The molecule has 2 heterocycles. The lowest BCUT2D eigenvalue weighted by Gasteiger charge is -2.39. The molecule has 5 heteroatoms. The normalized spacial score (nSPS) is 21.7. The quantitative estimate of drug-likeness (QED) is 0.831. The van der Waals surface area contributed by atoms with Crippen LogP contribution in [0.5, 0.6) is 0 Å². The van der Waals surface area contributed by atoms with Gasteiger partial charge < -0.3 is 16.4 Å². The third-order valence-corrected chi connectivity index (χ3v) is 3.48. The monoisotopic (exact) mass is 248 g/mol. The molecule has 0 radical (unpaired) electrons. The van der Waals surface area contributed by atoms with Gasteiger partial charge in [-0.25, -0.2) is 4.98 Å². The van der Waals surface area contributed by atoms with Crippen molar-refractivity contribution in [2.45, 2.75) is 38.3 Å². The van der Waals surface area contributed by atoms with E-state index in [2.05, 4.69) is 9.88 Å². The van der Waals surface area contributed by atoms with Gasteiger partial charge in [-0.2, -0.15) is 0 Å². The molecule has 2 unspecified atom stereocenters. The number of rotatable bonds is 3. The maximum Gasteiger partial charge on any atom is 0.248 e. The summed E-state index contributed by atoms with van der Waals surface area (Å²) in [5, 5.41) is 0. The molecule has 2 rings (SSSR count). The molecular formula is C13H20N4O. The summed E-state index contributed by atoms with van der Waals surface area (Å²) in [5.41, 5.74) is 11.8. The van der Waals surface area contributed by atoms with E-state index in [1.165, 1.54) is 6.42 Å². The van der Waals surface area contributed by atoms with E-state index in [4.69, 9.17) is 11.5 Å². The number of primary amides is 1. The van der Waals surface area contributed by atoms with Crippen molar-refractivity contribution in [3.8, 4) is 0 Å². The summed E-state index contributed by atoms with van der Waals surface area (Å²) >= 11 is 0. The lowest BCUT2D eigenvalue weighted by atomic mass is 9.97. The number of nitrogens with two attached hydrogens (primary N) is 2. The molecule has 1 aliphatic rings. The molecule has 0 spiro atoms. The summed E-state index contributed by atoms with van der Waals surface area (Å²) in [6.07, 6.45) is 5.02. The number of piperidine rings is 1. The van der Waals surface area contributed by atoms with E-state index in [0.29, 0.717) is 5.56 Å². The van der Waals surface area contributed by atoms with Crippen LogP contribution in [0.2, 0.25) is 0 Å². The average Bonchev–Trinajstić information content (AvgIpc) is 2.39. The highest BCUT2D eigenvalue weighted by Crippen LogP contribution is 2.25. The van der Waals surface area contributed by atoms with Crippen molar-refractivity contribution in [1.29, 1.82) is 0 Å². The molecule has 98 valence electrons. The van der Waals surface area contributed by atoms with E-state index >= 15 is 0 Å². The Balaban J connectivity index is 2.28. The van der Waals surface area contributed by atoms with Gasteiger partial charge in [-0.1, -0.05) is 0 Å². The van der Waals surface area contributed by atoms with E-state index in [-0.39, 0.29) is 12.1 Å². The molecule has 1 saturated heterocycles. The Morgan fingerprint density at radius 3 is 3.00 bits per heavy atom. The van der Waals surface area contributed by atoms with Gasteiger partial charge in [-0.05, 0) is 38.3 Å². The maximum atomic E-state index is 11.2. The van der Waals surface area contributed by atoms with Crippen LogP contribution >= 0.6 is 0 Å². The Hall–Kier alpha value is -1.62. The van der Waals surface area contributed by atoms with Crippen LogP contribution in [0, 0.1) is 0 Å². The summed E-state index contributed by atoms with van der Waals surface area (Å²) < 4.78 is 0. The van der Waals surface area contributed by atoms with Gasteiger partial charge >= 0.3 is 0 Å². The standard InChI is InChI=1S/C13H20N4O/c1-9(14)11-4-2-3-7-17(11)12-8-10(13(15)18)5-6-16-12/h5-6,8-9,11H,2-4,7,14H2,1H3,(H2,15,18). The maximum absolute atomic E-state index is 11.2. The smallest absolute Gasteiger partial charge is 0.248 e. The first-order valence-electron chi connectivity index (χ1n) is 6.37. The summed E-state index contributed by atoms with van der Waals surface area (Å²) in [6.45, 7) is 2.95. The summed E-state index contributed by atoms with van der Waals surface area (Å²) in [4.78, 5) is 17.7. The van der Waals surface area contributed by atoms with Crippen molar-refractivity contribution in [3.05, 3.63) is 23.9 Å². The Kier molecular flexibility index (Phi) is 3.81. The zero-order valence-electron chi connectivity index (χ0n) is 10.7. The lowest BCUT2D eigenvalue weighted by molar-refractivity contribution is 0.1000. The minimum Gasteiger partial charge on any atom is -0.366 e. The Labute approximate surface area is 107 Å². The van der Waals surface area contributed by atoms with Crippen molar-refractivity contribution in [1.82, 2.24) is 4.98 Å². The van der Waals surface area contributed by atoms with E-state index in [1.807, 2.05) is 6.92 Å². The highest BCUT2D eigenvalue weighted by Gasteiger charge is 2.26. The molecule has 0 aromatic carbocycles. The highest BCUT2D eigenvalue weighted by atomic mass is 16.1. The molecule has 1 aliphatic heterocycles. The minimum absolute atomic E-state index is 0.0873. The number of aromatic nitrogens is 1.